The van der Waals surface area contributed by atoms with Crippen molar-refractivity contribution in [2.75, 3.05) is 24.7 Å². The van der Waals surface area contributed by atoms with Gasteiger partial charge >= 0.3 is 0 Å². The highest BCUT2D eigenvalue weighted by Crippen LogP contribution is 2.33. The van der Waals surface area contributed by atoms with E-state index >= 15 is 0 Å². The van der Waals surface area contributed by atoms with Crippen LogP contribution in [0.3, 0.4) is 0 Å². The molecular weight excluding hydrogens is 206 g/mol. The van der Waals surface area contributed by atoms with Crippen molar-refractivity contribution in [1.82, 2.24) is 0 Å². The number of carbonyl (C=O) groups is 1. The molecule has 1 aromatic rings. The number of amides is 1. The fraction of sp³-hybridized carbons (Fsp3) is 0.417. The van der Waals surface area contributed by atoms with Gasteiger partial charge < -0.3 is 14.4 Å². The van der Waals surface area contributed by atoms with E-state index in [0.29, 0.717) is 6.54 Å². The van der Waals surface area contributed by atoms with Gasteiger partial charge in [-0.05, 0) is 24.6 Å². The zero-order valence-electron chi connectivity index (χ0n) is 9.10. The Morgan fingerprint density at radius 1 is 1.50 bits per heavy atom. The van der Waals surface area contributed by atoms with Crippen molar-refractivity contribution in [2.24, 2.45) is 0 Å². The standard InChI is InChI=1S/C12H13NO3/c1-8-2-3-11-10(4-8)13(5-9-6-15-9)12(14)7-16-11/h2-4,9H,5-7H2,1H3. The molecule has 2 aliphatic heterocycles. The van der Waals surface area contributed by atoms with Gasteiger partial charge in [0, 0.05) is 0 Å². The second kappa shape index (κ2) is 3.49. The quantitative estimate of drug-likeness (QED) is 0.700. The lowest BCUT2D eigenvalue weighted by molar-refractivity contribution is -0.121. The van der Waals surface area contributed by atoms with Crippen LogP contribution in [-0.4, -0.2) is 31.8 Å². The zero-order valence-corrected chi connectivity index (χ0v) is 9.10. The van der Waals surface area contributed by atoms with Crippen molar-refractivity contribution < 1.29 is 14.3 Å². The Hall–Kier alpha value is -1.55. The van der Waals surface area contributed by atoms with Crippen molar-refractivity contribution in [1.29, 1.82) is 0 Å². The van der Waals surface area contributed by atoms with Crippen LogP contribution in [0.5, 0.6) is 5.75 Å². The van der Waals surface area contributed by atoms with E-state index in [1.54, 1.807) is 4.90 Å². The first-order valence-electron chi connectivity index (χ1n) is 5.39. The highest BCUT2D eigenvalue weighted by molar-refractivity contribution is 5.98. The summed E-state index contributed by atoms with van der Waals surface area (Å²) in [7, 11) is 0. The minimum Gasteiger partial charge on any atom is -0.482 e. The van der Waals surface area contributed by atoms with Gasteiger partial charge in [-0.3, -0.25) is 4.79 Å². The Bertz CT molecular complexity index is 440. The predicted molar refractivity (Wildman–Crippen MR) is 58.8 cm³/mol. The molecule has 4 nitrogen and oxygen atoms in total. The first kappa shape index (κ1) is 9.66. The van der Waals surface area contributed by atoms with Gasteiger partial charge in [0.2, 0.25) is 0 Å². The molecular formula is C12H13NO3. The number of anilines is 1. The summed E-state index contributed by atoms with van der Waals surface area (Å²) in [6.07, 6.45) is 0.204. The summed E-state index contributed by atoms with van der Waals surface area (Å²) in [5.41, 5.74) is 1.99. The third-order valence-electron chi connectivity index (χ3n) is 2.85. The van der Waals surface area contributed by atoms with Crippen molar-refractivity contribution in [3.05, 3.63) is 23.8 Å². The van der Waals surface area contributed by atoms with Crippen LogP contribution in [0, 0.1) is 6.92 Å². The Labute approximate surface area is 93.8 Å². The van der Waals surface area contributed by atoms with Crippen molar-refractivity contribution in [2.45, 2.75) is 13.0 Å². The number of hydrogen-bond donors (Lipinski definition) is 0. The van der Waals surface area contributed by atoms with E-state index in [0.717, 1.165) is 23.6 Å². The molecule has 0 aliphatic carbocycles. The summed E-state index contributed by atoms with van der Waals surface area (Å²) in [4.78, 5) is 13.5. The summed E-state index contributed by atoms with van der Waals surface area (Å²) in [6.45, 7) is 3.53. The topological polar surface area (TPSA) is 42.1 Å². The van der Waals surface area contributed by atoms with Crippen LogP contribution in [0.25, 0.3) is 0 Å². The van der Waals surface area contributed by atoms with Gasteiger partial charge in [0.05, 0.1) is 24.9 Å². The number of epoxide rings is 1. The maximum atomic E-state index is 11.8. The molecule has 1 atom stereocenters. The minimum atomic E-state index is 0.00796. The van der Waals surface area contributed by atoms with E-state index in [1.165, 1.54) is 0 Å². The van der Waals surface area contributed by atoms with Crippen molar-refractivity contribution >= 4 is 11.6 Å². The average molecular weight is 219 g/mol. The average Bonchev–Trinajstić information content (AvgIpc) is 3.06. The number of rotatable bonds is 2. The number of benzene rings is 1. The van der Waals surface area contributed by atoms with Gasteiger partial charge in [0.1, 0.15) is 5.75 Å². The maximum absolute atomic E-state index is 11.8. The molecule has 1 unspecified atom stereocenters. The number of nitrogens with zero attached hydrogens (tertiary/aromatic N) is 1. The molecule has 2 heterocycles. The fourth-order valence-electron chi connectivity index (χ4n) is 1.89. The van der Waals surface area contributed by atoms with Crippen molar-refractivity contribution in [3.63, 3.8) is 0 Å². The Morgan fingerprint density at radius 2 is 2.31 bits per heavy atom. The van der Waals surface area contributed by atoms with Crippen LogP contribution >= 0.6 is 0 Å². The second-order valence-corrected chi connectivity index (χ2v) is 4.22. The van der Waals surface area contributed by atoms with E-state index in [2.05, 4.69) is 0 Å². The molecule has 0 saturated carbocycles. The lowest BCUT2D eigenvalue weighted by Crippen LogP contribution is -2.41. The van der Waals surface area contributed by atoms with E-state index in [9.17, 15) is 4.79 Å². The Morgan fingerprint density at radius 3 is 3.06 bits per heavy atom. The zero-order chi connectivity index (χ0) is 11.1. The molecule has 0 radical (unpaired) electrons. The van der Waals surface area contributed by atoms with Gasteiger partial charge in [-0.25, -0.2) is 0 Å². The van der Waals surface area contributed by atoms with Crippen molar-refractivity contribution in [3.8, 4) is 5.75 Å². The van der Waals surface area contributed by atoms with E-state index in [1.807, 2.05) is 25.1 Å². The van der Waals surface area contributed by atoms with E-state index in [-0.39, 0.29) is 18.6 Å². The number of carbonyl (C=O) groups excluding carboxylic acids is 1. The van der Waals surface area contributed by atoms with Crippen LogP contribution in [0.2, 0.25) is 0 Å². The fourth-order valence-corrected chi connectivity index (χ4v) is 1.89. The number of hydrogen-bond acceptors (Lipinski definition) is 3. The monoisotopic (exact) mass is 219 g/mol. The summed E-state index contributed by atoms with van der Waals surface area (Å²) < 4.78 is 10.6. The van der Waals surface area contributed by atoms with Crippen LogP contribution in [0.4, 0.5) is 5.69 Å². The second-order valence-electron chi connectivity index (χ2n) is 4.22. The first-order valence-corrected chi connectivity index (χ1v) is 5.39. The minimum absolute atomic E-state index is 0.00796. The maximum Gasteiger partial charge on any atom is 0.265 e. The SMILES string of the molecule is Cc1ccc2c(c1)N(CC1CO1)C(=O)CO2. The molecule has 0 spiro atoms. The molecule has 1 amide bonds. The Balaban J connectivity index is 1.96. The number of aryl methyl sites for hydroxylation is 1. The molecule has 0 N–H and O–H groups in total. The highest BCUT2D eigenvalue weighted by atomic mass is 16.6. The molecule has 1 aromatic carbocycles. The summed E-state index contributed by atoms with van der Waals surface area (Å²) >= 11 is 0. The van der Waals surface area contributed by atoms with Crippen LogP contribution in [0.1, 0.15) is 5.56 Å². The smallest absolute Gasteiger partial charge is 0.265 e. The number of fused-ring (bicyclic) bond motifs is 1. The molecule has 0 aromatic heterocycles. The molecule has 1 saturated heterocycles. The molecule has 84 valence electrons. The van der Waals surface area contributed by atoms with Gasteiger partial charge in [-0.15, -0.1) is 0 Å². The van der Waals surface area contributed by atoms with E-state index in [4.69, 9.17) is 9.47 Å². The van der Waals surface area contributed by atoms with Crippen LogP contribution < -0.4 is 9.64 Å². The lowest BCUT2D eigenvalue weighted by atomic mass is 10.1. The molecule has 0 bridgehead atoms. The molecule has 2 aliphatic rings. The first-order chi connectivity index (χ1) is 7.74. The normalized spacial score (nSPS) is 22.7. The third kappa shape index (κ3) is 1.65. The lowest BCUT2D eigenvalue weighted by Gasteiger charge is -2.29. The van der Waals surface area contributed by atoms with Crippen LogP contribution in [0.15, 0.2) is 18.2 Å². The molecule has 3 rings (SSSR count). The van der Waals surface area contributed by atoms with Gasteiger partial charge in [-0.2, -0.15) is 0 Å². The summed E-state index contributed by atoms with van der Waals surface area (Å²) in [5.74, 6) is 0.791. The van der Waals surface area contributed by atoms with Crippen LogP contribution in [-0.2, 0) is 9.53 Å². The predicted octanol–water partition coefficient (Wildman–Crippen LogP) is 1.12. The summed E-state index contributed by atoms with van der Waals surface area (Å²) in [6, 6.07) is 5.88. The highest BCUT2D eigenvalue weighted by Gasteiger charge is 2.32. The Kier molecular flexibility index (Phi) is 2.11. The summed E-state index contributed by atoms with van der Waals surface area (Å²) in [5, 5.41) is 0. The molecule has 16 heavy (non-hydrogen) atoms. The molecule has 4 heteroatoms. The molecule has 1 fully saturated rings. The third-order valence-corrected chi connectivity index (χ3v) is 2.85. The van der Waals surface area contributed by atoms with Gasteiger partial charge in [-0.1, -0.05) is 6.07 Å². The van der Waals surface area contributed by atoms with E-state index < -0.39 is 0 Å². The number of ether oxygens (including phenoxy) is 2. The van der Waals surface area contributed by atoms with Gasteiger partial charge in [0.15, 0.2) is 6.61 Å². The largest absolute Gasteiger partial charge is 0.482 e. The van der Waals surface area contributed by atoms with Gasteiger partial charge in [0.25, 0.3) is 5.91 Å².